The van der Waals surface area contributed by atoms with Crippen LogP contribution >= 0.6 is 0 Å². The van der Waals surface area contributed by atoms with Crippen molar-refractivity contribution in [3.63, 3.8) is 0 Å². The number of nitrogens with one attached hydrogen (secondary N) is 1. The van der Waals surface area contributed by atoms with E-state index in [1.165, 1.54) is 5.56 Å². The molecule has 7 heteroatoms. The lowest BCUT2D eigenvalue weighted by molar-refractivity contribution is -0.131. The number of benzene rings is 2. The molecule has 0 radical (unpaired) electrons. The summed E-state index contributed by atoms with van der Waals surface area (Å²) in [5.74, 6) is 0.0718. The zero-order chi connectivity index (χ0) is 21.7. The number of carbonyl (C=O) groups is 2. The fourth-order valence-electron chi connectivity index (χ4n) is 5.34. The molecule has 2 bridgehead atoms. The Balaban J connectivity index is 1.15. The number of anilines is 1. The molecule has 0 aromatic heterocycles. The average molecular weight is 432 g/mol. The smallest absolute Gasteiger partial charge is 0.234 e. The maximum absolute atomic E-state index is 13.5. The molecule has 164 valence electrons. The largest absolute Gasteiger partial charge is 0.454 e. The maximum Gasteiger partial charge on any atom is 0.234 e. The number of hydrogen-bond acceptors (Lipinski definition) is 5. The minimum Gasteiger partial charge on any atom is -0.454 e. The second kappa shape index (κ2) is 7.38. The van der Waals surface area contributed by atoms with Gasteiger partial charge in [-0.05, 0) is 30.5 Å². The van der Waals surface area contributed by atoms with Crippen LogP contribution in [0.25, 0.3) is 0 Å². The normalized spacial score (nSPS) is 28.9. The Hall–Kier alpha value is -3.32. The van der Waals surface area contributed by atoms with Crippen LogP contribution in [0.1, 0.15) is 12.0 Å². The molecule has 4 atom stereocenters. The third kappa shape index (κ3) is 2.99. The van der Waals surface area contributed by atoms with Gasteiger partial charge in [-0.2, -0.15) is 0 Å². The van der Waals surface area contributed by atoms with Crippen LogP contribution in [0.5, 0.6) is 11.5 Å². The van der Waals surface area contributed by atoms with Gasteiger partial charge in [0.1, 0.15) is 5.60 Å². The summed E-state index contributed by atoms with van der Waals surface area (Å²) in [5, 5.41) is 3.04. The monoisotopic (exact) mass is 432 g/mol. The SMILES string of the molecule is O=C(NCCCc1ccccc1)[C@@H]1[C@@H]2C=C[C@@]3(CN(c4ccc5c(c4)OCO5)C(=O)[C@@H]13)O2. The van der Waals surface area contributed by atoms with Crippen molar-refractivity contribution in [2.75, 3.05) is 24.8 Å². The van der Waals surface area contributed by atoms with E-state index in [1.807, 2.05) is 48.6 Å². The molecule has 0 unspecified atom stereocenters. The molecule has 2 aromatic carbocycles. The van der Waals surface area contributed by atoms with Gasteiger partial charge < -0.3 is 24.4 Å². The molecule has 0 aliphatic carbocycles. The van der Waals surface area contributed by atoms with Crippen molar-refractivity contribution in [1.29, 1.82) is 0 Å². The Kier molecular flexibility index (Phi) is 4.47. The molecule has 4 heterocycles. The number of fused-ring (bicyclic) bond motifs is 2. The van der Waals surface area contributed by atoms with Crippen molar-refractivity contribution >= 4 is 17.5 Å². The number of amides is 2. The number of carbonyl (C=O) groups excluding carboxylic acids is 2. The summed E-state index contributed by atoms with van der Waals surface area (Å²) in [6, 6.07) is 15.7. The van der Waals surface area contributed by atoms with E-state index in [9.17, 15) is 9.59 Å². The highest BCUT2D eigenvalue weighted by molar-refractivity contribution is 6.03. The Morgan fingerprint density at radius 2 is 1.97 bits per heavy atom. The molecule has 2 amide bonds. The molecule has 6 rings (SSSR count). The van der Waals surface area contributed by atoms with Gasteiger partial charge in [-0.15, -0.1) is 0 Å². The predicted molar refractivity (Wildman–Crippen MR) is 116 cm³/mol. The average Bonchev–Trinajstić information content (AvgIpc) is 3.57. The lowest BCUT2D eigenvalue weighted by Gasteiger charge is -2.23. The Morgan fingerprint density at radius 3 is 2.84 bits per heavy atom. The minimum atomic E-state index is -0.746. The highest BCUT2D eigenvalue weighted by atomic mass is 16.7. The molecule has 4 aliphatic heterocycles. The van der Waals surface area contributed by atoms with E-state index in [4.69, 9.17) is 14.2 Å². The van der Waals surface area contributed by atoms with E-state index >= 15 is 0 Å². The summed E-state index contributed by atoms with van der Waals surface area (Å²) in [5.41, 5.74) is 1.23. The molecule has 1 spiro atoms. The molecule has 2 fully saturated rings. The zero-order valence-electron chi connectivity index (χ0n) is 17.5. The van der Waals surface area contributed by atoms with Crippen LogP contribution in [0, 0.1) is 11.8 Å². The highest BCUT2D eigenvalue weighted by Gasteiger charge is 2.67. The van der Waals surface area contributed by atoms with Crippen molar-refractivity contribution in [2.24, 2.45) is 11.8 Å². The molecule has 1 N–H and O–H groups in total. The number of nitrogens with zero attached hydrogens (tertiary/aromatic N) is 1. The van der Waals surface area contributed by atoms with Gasteiger partial charge >= 0.3 is 0 Å². The third-order valence-electron chi connectivity index (χ3n) is 6.86. The molecule has 0 saturated carbocycles. The van der Waals surface area contributed by atoms with Gasteiger partial charge in [0, 0.05) is 18.3 Å². The van der Waals surface area contributed by atoms with Gasteiger partial charge in [-0.3, -0.25) is 9.59 Å². The van der Waals surface area contributed by atoms with E-state index in [2.05, 4.69) is 17.4 Å². The van der Waals surface area contributed by atoms with Crippen LogP contribution in [-0.4, -0.2) is 43.4 Å². The van der Waals surface area contributed by atoms with Gasteiger partial charge in [0.2, 0.25) is 18.6 Å². The van der Waals surface area contributed by atoms with Crippen molar-refractivity contribution in [3.05, 3.63) is 66.2 Å². The third-order valence-corrected chi connectivity index (χ3v) is 6.86. The van der Waals surface area contributed by atoms with Crippen LogP contribution < -0.4 is 19.7 Å². The summed E-state index contributed by atoms with van der Waals surface area (Å²) in [6.07, 6.45) is 5.29. The number of ether oxygens (including phenoxy) is 3. The predicted octanol–water partition coefficient (Wildman–Crippen LogP) is 2.45. The second-order valence-corrected chi connectivity index (χ2v) is 8.74. The molecular weight excluding hydrogens is 408 g/mol. The van der Waals surface area contributed by atoms with Crippen LogP contribution in [0.3, 0.4) is 0 Å². The summed E-state index contributed by atoms with van der Waals surface area (Å²) in [4.78, 5) is 28.3. The summed E-state index contributed by atoms with van der Waals surface area (Å²) < 4.78 is 17.1. The fourth-order valence-corrected chi connectivity index (χ4v) is 5.34. The first-order chi connectivity index (χ1) is 15.6. The molecule has 4 aliphatic rings. The van der Waals surface area contributed by atoms with Crippen LogP contribution in [0.4, 0.5) is 5.69 Å². The summed E-state index contributed by atoms with van der Waals surface area (Å²) in [6.45, 7) is 1.14. The molecule has 2 saturated heterocycles. The topological polar surface area (TPSA) is 77.1 Å². The van der Waals surface area contributed by atoms with E-state index in [0.29, 0.717) is 24.6 Å². The molecule has 32 heavy (non-hydrogen) atoms. The second-order valence-electron chi connectivity index (χ2n) is 8.74. The van der Waals surface area contributed by atoms with E-state index < -0.39 is 17.4 Å². The van der Waals surface area contributed by atoms with Crippen LogP contribution in [-0.2, 0) is 20.7 Å². The lowest BCUT2D eigenvalue weighted by Crippen LogP contribution is -2.44. The molecular formula is C25H24N2O5. The van der Waals surface area contributed by atoms with E-state index in [-0.39, 0.29) is 24.7 Å². The van der Waals surface area contributed by atoms with Gasteiger partial charge in [0.05, 0.1) is 24.5 Å². The minimum absolute atomic E-state index is 0.0832. The van der Waals surface area contributed by atoms with Crippen molar-refractivity contribution in [2.45, 2.75) is 24.5 Å². The Morgan fingerprint density at radius 1 is 1.12 bits per heavy atom. The van der Waals surface area contributed by atoms with Gasteiger partial charge in [0.25, 0.3) is 0 Å². The number of hydrogen-bond donors (Lipinski definition) is 1. The van der Waals surface area contributed by atoms with Crippen molar-refractivity contribution in [3.8, 4) is 11.5 Å². The van der Waals surface area contributed by atoms with E-state index in [0.717, 1.165) is 18.5 Å². The van der Waals surface area contributed by atoms with Crippen molar-refractivity contribution < 1.29 is 23.8 Å². The first-order valence-corrected chi connectivity index (χ1v) is 11.0. The summed E-state index contributed by atoms with van der Waals surface area (Å²) in [7, 11) is 0. The van der Waals surface area contributed by atoms with Gasteiger partial charge in [-0.25, -0.2) is 0 Å². The molecule has 2 aromatic rings. The summed E-state index contributed by atoms with van der Waals surface area (Å²) >= 11 is 0. The first kappa shape index (κ1) is 19.4. The Labute approximate surface area is 185 Å². The Bertz CT molecular complexity index is 1100. The van der Waals surface area contributed by atoms with Crippen molar-refractivity contribution in [1.82, 2.24) is 5.32 Å². The highest BCUT2D eigenvalue weighted by Crippen LogP contribution is 2.53. The van der Waals surface area contributed by atoms with Crippen LogP contribution in [0.15, 0.2) is 60.7 Å². The van der Waals surface area contributed by atoms with Crippen LogP contribution in [0.2, 0.25) is 0 Å². The number of aryl methyl sites for hydroxylation is 1. The fraction of sp³-hybridized carbons (Fsp3) is 0.360. The number of rotatable bonds is 6. The lowest BCUT2D eigenvalue weighted by atomic mass is 9.77. The zero-order valence-corrected chi connectivity index (χ0v) is 17.5. The molecule has 7 nitrogen and oxygen atoms in total. The quantitative estimate of drug-likeness (QED) is 0.561. The first-order valence-electron chi connectivity index (χ1n) is 11.0. The van der Waals surface area contributed by atoms with Gasteiger partial charge in [0.15, 0.2) is 11.5 Å². The standard InChI is InChI=1S/C25H24N2O5/c28-23(26-12-4-7-16-5-2-1-3-6-16)21-19-10-11-25(32-19)14-27(24(29)22(21)25)17-8-9-18-20(13-17)31-15-30-18/h1-3,5-6,8-11,13,19,21-22H,4,7,12,14-15H2,(H,26,28)/t19-,21+,22+,25-/m0/s1. The maximum atomic E-state index is 13.5. The van der Waals surface area contributed by atoms with E-state index in [1.54, 1.807) is 4.90 Å². The van der Waals surface area contributed by atoms with Gasteiger partial charge in [-0.1, -0.05) is 42.5 Å².